The van der Waals surface area contributed by atoms with Gasteiger partial charge in [0.1, 0.15) is 0 Å². The number of hydrogen-bond donors (Lipinski definition) is 0. The number of allylic oxidation sites excluding steroid dienone is 3. The van der Waals surface area contributed by atoms with Crippen LogP contribution in [0.1, 0.15) is 65.7 Å². The number of rotatable bonds is 11. The second-order valence-corrected chi connectivity index (χ2v) is 6.56. The molecule has 1 rings (SSSR count). The molecule has 0 radical (unpaired) electrons. The molecular formula is C19H36N+. The van der Waals surface area contributed by atoms with Crippen LogP contribution in [0.4, 0.5) is 0 Å². The van der Waals surface area contributed by atoms with E-state index in [2.05, 4.69) is 45.1 Å². The Labute approximate surface area is 127 Å². The zero-order valence-electron chi connectivity index (χ0n) is 14.1. The van der Waals surface area contributed by atoms with Crippen LogP contribution in [0.5, 0.6) is 0 Å². The lowest BCUT2D eigenvalue weighted by atomic mass is 9.98. The Hall–Kier alpha value is -0.560. The van der Waals surface area contributed by atoms with E-state index in [4.69, 9.17) is 0 Å². The van der Waals surface area contributed by atoms with Gasteiger partial charge in [0.05, 0.1) is 26.2 Å². The molecule has 1 heteroatoms. The third kappa shape index (κ3) is 6.26. The number of unbranched alkanes of at least 4 members (excludes halogenated alkanes) is 3. The summed E-state index contributed by atoms with van der Waals surface area (Å²) in [4.78, 5) is 0. The SMILES string of the molecule is CCCC[N+](CCCC)(CCCC)CC1C=CC=CC1. The van der Waals surface area contributed by atoms with E-state index in [1.54, 1.807) is 0 Å². The quantitative estimate of drug-likeness (QED) is 0.448. The Kier molecular flexibility index (Phi) is 8.93. The summed E-state index contributed by atoms with van der Waals surface area (Å²) < 4.78 is 1.37. The zero-order chi connectivity index (χ0) is 14.7. The second-order valence-electron chi connectivity index (χ2n) is 6.56. The number of nitrogens with zero attached hydrogens (tertiary/aromatic N) is 1. The molecule has 116 valence electrons. The normalized spacial score (nSPS) is 18.6. The molecule has 0 aromatic rings. The van der Waals surface area contributed by atoms with Crippen molar-refractivity contribution in [2.45, 2.75) is 65.7 Å². The predicted molar refractivity (Wildman–Crippen MR) is 90.8 cm³/mol. The Morgan fingerprint density at radius 1 is 0.850 bits per heavy atom. The van der Waals surface area contributed by atoms with Crippen LogP contribution in [-0.4, -0.2) is 30.7 Å². The van der Waals surface area contributed by atoms with Gasteiger partial charge in [0, 0.05) is 5.92 Å². The Bertz CT molecular complexity index is 268. The molecule has 0 N–H and O–H groups in total. The van der Waals surface area contributed by atoms with Crippen molar-refractivity contribution < 1.29 is 4.48 Å². The molecular weight excluding hydrogens is 242 g/mol. The lowest BCUT2D eigenvalue weighted by Crippen LogP contribution is -2.52. The first-order valence-corrected chi connectivity index (χ1v) is 8.94. The van der Waals surface area contributed by atoms with Crippen molar-refractivity contribution in [2.75, 3.05) is 26.2 Å². The standard InChI is InChI=1S/C19H36N/c1-4-7-15-20(16-8-5-2,17-9-6-3)18-19-13-11-10-12-14-19/h10-13,19H,4-9,14-18H2,1-3H3/q+1. The molecule has 0 saturated carbocycles. The van der Waals surface area contributed by atoms with E-state index in [1.807, 2.05) is 0 Å². The van der Waals surface area contributed by atoms with Crippen molar-refractivity contribution in [1.82, 2.24) is 0 Å². The lowest BCUT2D eigenvalue weighted by Gasteiger charge is -2.41. The van der Waals surface area contributed by atoms with Gasteiger partial charge in [-0.25, -0.2) is 0 Å². The van der Waals surface area contributed by atoms with Crippen LogP contribution in [-0.2, 0) is 0 Å². The minimum Gasteiger partial charge on any atom is -0.323 e. The largest absolute Gasteiger partial charge is 0.323 e. The lowest BCUT2D eigenvalue weighted by molar-refractivity contribution is -0.931. The molecule has 0 fully saturated rings. The molecule has 0 aliphatic heterocycles. The molecule has 0 aromatic heterocycles. The van der Waals surface area contributed by atoms with Gasteiger partial charge in [-0.05, 0) is 25.7 Å². The van der Waals surface area contributed by atoms with Crippen molar-refractivity contribution in [3.63, 3.8) is 0 Å². The predicted octanol–water partition coefficient (Wildman–Crippen LogP) is 5.34. The zero-order valence-corrected chi connectivity index (χ0v) is 14.1. The van der Waals surface area contributed by atoms with E-state index in [1.165, 1.54) is 75.6 Å². The summed E-state index contributed by atoms with van der Waals surface area (Å²) in [7, 11) is 0. The molecule has 1 atom stereocenters. The molecule has 1 aliphatic rings. The maximum Gasteiger partial charge on any atom is 0.0853 e. The second kappa shape index (κ2) is 10.2. The van der Waals surface area contributed by atoms with Crippen LogP contribution >= 0.6 is 0 Å². The summed E-state index contributed by atoms with van der Waals surface area (Å²) in [5, 5.41) is 0. The van der Waals surface area contributed by atoms with Gasteiger partial charge in [-0.2, -0.15) is 0 Å². The van der Waals surface area contributed by atoms with Crippen molar-refractivity contribution in [3.8, 4) is 0 Å². The van der Waals surface area contributed by atoms with E-state index in [0.717, 1.165) is 5.92 Å². The molecule has 0 bridgehead atoms. The Morgan fingerprint density at radius 3 is 1.80 bits per heavy atom. The third-order valence-electron chi connectivity index (χ3n) is 4.65. The van der Waals surface area contributed by atoms with E-state index in [9.17, 15) is 0 Å². The van der Waals surface area contributed by atoms with Crippen LogP contribution in [0.15, 0.2) is 24.3 Å². The van der Waals surface area contributed by atoms with Gasteiger partial charge in [-0.15, -0.1) is 0 Å². The van der Waals surface area contributed by atoms with Crippen molar-refractivity contribution >= 4 is 0 Å². The molecule has 20 heavy (non-hydrogen) atoms. The summed E-state index contributed by atoms with van der Waals surface area (Å²) in [5.41, 5.74) is 0. The van der Waals surface area contributed by atoms with Gasteiger partial charge in [-0.1, -0.05) is 64.3 Å². The van der Waals surface area contributed by atoms with E-state index >= 15 is 0 Å². The smallest absolute Gasteiger partial charge is 0.0853 e. The average molecular weight is 279 g/mol. The number of quaternary nitrogens is 1. The highest BCUT2D eigenvalue weighted by molar-refractivity contribution is 5.10. The Balaban J connectivity index is 2.69. The molecule has 1 aliphatic carbocycles. The van der Waals surface area contributed by atoms with Crippen molar-refractivity contribution in [2.24, 2.45) is 5.92 Å². The van der Waals surface area contributed by atoms with Crippen LogP contribution < -0.4 is 0 Å². The van der Waals surface area contributed by atoms with E-state index < -0.39 is 0 Å². The molecule has 0 spiro atoms. The third-order valence-corrected chi connectivity index (χ3v) is 4.65. The minimum atomic E-state index is 0.769. The van der Waals surface area contributed by atoms with Gasteiger partial charge in [0.2, 0.25) is 0 Å². The van der Waals surface area contributed by atoms with Gasteiger partial charge < -0.3 is 4.48 Å². The van der Waals surface area contributed by atoms with Crippen LogP contribution in [0, 0.1) is 5.92 Å². The highest BCUT2D eigenvalue weighted by Gasteiger charge is 2.28. The maximum absolute atomic E-state index is 2.44. The first-order valence-electron chi connectivity index (χ1n) is 8.94. The molecule has 1 unspecified atom stereocenters. The number of hydrogen-bond acceptors (Lipinski definition) is 0. The highest BCUT2D eigenvalue weighted by Crippen LogP contribution is 2.22. The molecule has 0 aromatic carbocycles. The van der Waals surface area contributed by atoms with Gasteiger partial charge in [-0.3, -0.25) is 0 Å². The van der Waals surface area contributed by atoms with E-state index in [0.29, 0.717) is 0 Å². The van der Waals surface area contributed by atoms with E-state index in [-0.39, 0.29) is 0 Å². The average Bonchev–Trinajstić information content (AvgIpc) is 2.49. The molecule has 0 amide bonds. The van der Waals surface area contributed by atoms with Crippen LogP contribution in [0.3, 0.4) is 0 Å². The van der Waals surface area contributed by atoms with Gasteiger partial charge in [0.15, 0.2) is 0 Å². The van der Waals surface area contributed by atoms with Crippen LogP contribution in [0.25, 0.3) is 0 Å². The summed E-state index contributed by atoms with van der Waals surface area (Å²) >= 11 is 0. The Morgan fingerprint density at radius 2 is 1.40 bits per heavy atom. The van der Waals surface area contributed by atoms with Gasteiger partial charge in [0.25, 0.3) is 0 Å². The highest BCUT2D eigenvalue weighted by atomic mass is 15.3. The first kappa shape index (κ1) is 17.5. The first-order chi connectivity index (χ1) is 9.76. The fourth-order valence-electron chi connectivity index (χ4n) is 3.35. The van der Waals surface area contributed by atoms with Crippen molar-refractivity contribution in [1.29, 1.82) is 0 Å². The van der Waals surface area contributed by atoms with Gasteiger partial charge >= 0.3 is 0 Å². The summed E-state index contributed by atoms with van der Waals surface area (Å²) in [6.45, 7) is 12.5. The fourth-order valence-corrected chi connectivity index (χ4v) is 3.35. The maximum atomic E-state index is 2.44. The summed E-state index contributed by atoms with van der Waals surface area (Å²) in [6, 6.07) is 0. The topological polar surface area (TPSA) is 0 Å². The monoisotopic (exact) mass is 278 g/mol. The molecule has 0 heterocycles. The van der Waals surface area contributed by atoms with Crippen molar-refractivity contribution in [3.05, 3.63) is 24.3 Å². The fraction of sp³-hybridized carbons (Fsp3) is 0.789. The minimum absolute atomic E-state index is 0.769. The summed E-state index contributed by atoms with van der Waals surface area (Å²) in [5.74, 6) is 0.769. The molecule has 0 saturated heterocycles. The van der Waals surface area contributed by atoms with Crippen LogP contribution in [0.2, 0.25) is 0 Å². The summed E-state index contributed by atoms with van der Waals surface area (Å²) in [6.07, 6.45) is 18.7. The molecule has 1 nitrogen and oxygen atoms in total.